The highest BCUT2D eigenvalue weighted by atomic mass is 16.1. The standard InChI is InChI=1S/C10H13NO.H2/c1-3-10(12)11-9-7-5-4-6-8(9)2;/h4-7H,3H2,1-2H3,(H,11,12);1H. The smallest absolute Gasteiger partial charge is 0.224 e. The van der Waals surface area contributed by atoms with E-state index in [1.165, 1.54) is 0 Å². The fraction of sp³-hybridized carbons (Fsp3) is 0.300. The van der Waals surface area contributed by atoms with Gasteiger partial charge in [-0.1, -0.05) is 25.1 Å². The molecule has 1 aromatic rings. The van der Waals surface area contributed by atoms with Crippen molar-refractivity contribution in [3.05, 3.63) is 29.8 Å². The second-order valence-corrected chi connectivity index (χ2v) is 2.72. The van der Waals surface area contributed by atoms with Gasteiger partial charge in [-0.25, -0.2) is 0 Å². The van der Waals surface area contributed by atoms with Gasteiger partial charge in [0.05, 0.1) is 0 Å². The van der Waals surface area contributed by atoms with Crippen LogP contribution in [0.15, 0.2) is 24.3 Å². The monoisotopic (exact) mass is 165 g/mol. The van der Waals surface area contributed by atoms with Gasteiger partial charge in [0.2, 0.25) is 5.91 Å². The molecule has 0 saturated carbocycles. The maximum atomic E-state index is 11.0. The molecular weight excluding hydrogens is 150 g/mol. The minimum atomic E-state index is 0. The number of aryl methyl sites for hydroxylation is 1. The minimum absolute atomic E-state index is 0. The molecule has 2 nitrogen and oxygen atoms in total. The Morgan fingerprint density at radius 2 is 2.17 bits per heavy atom. The summed E-state index contributed by atoms with van der Waals surface area (Å²) in [6.45, 7) is 3.82. The normalized spacial score (nSPS) is 9.50. The van der Waals surface area contributed by atoms with Gasteiger partial charge in [0, 0.05) is 13.5 Å². The molecule has 0 unspecified atom stereocenters. The van der Waals surface area contributed by atoms with E-state index < -0.39 is 0 Å². The van der Waals surface area contributed by atoms with Gasteiger partial charge in [-0.15, -0.1) is 0 Å². The highest BCUT2D eigenvalue weighted by Crippen LogP contribution is 2.12. The molecule has 1 rings (SSSR count). The third-order valence-corrected chi connectivity index (χ3v) is 1.74. The number of benzene rings is 1. The van der Waals surface area contributed by atoms with Crippen LogP contribution in [-0.4, -0.2) is 5.91 Å². The molecule has 66 valence electrons. The van der Waals surface area contributed by atoms with Crippen LogP contribution in [0.4, 0.5) is 5.69 Å². The molecular formula is C10H15NO. The van der Waals surface area contributed by atoms with Crippen molar-refractivity contribution in [3.63, 3.8) is 0 Å². The summed E-state index contributed by atoms with van der Waals surface area (Å²) >= 11 is 0. The van der Waals surface area contributed by atoms with Gasteiger partial charge >= 0.3 is 0 Å². The van der Waals surface area contributed by atoms with E-state index in [2.05, 4.69) is 5.32 Å². The zero-order chi connectivity index (χ0) is 8.97. The number of rotatable bonds is 2. The van der Waals surface area contributed by atoms with Crippen LogP contribution in [0, 0.1) is 6.92 Å². The maximum Gasteiger partial charge on any atom is 0.224 e. The molecule has 0 aromatic heterocycles. The predicted molar refractivity (Wildman–Crippen MR) is 52.2 cm³/mol. The number of hydrogen-bond acceptors (Lipinski definition) is 1. The second kappa shape index (κ2) is 3.90. The van der Waals surface area contributed by atoms with Crippen molar-refractivity contribution in [3.8, 4) is 0 Å². The quantitative estimate of drug-likeness (QED) is 0.717. The molecule has 0 spiro atoms. The Balaban J connectivity index is 0.00000144. The summed E-state index contributed by atoms with van der Waals surface area (Å²) < 4.78 is 0. The number of carbonyl (C=O) groups excluding carboxylic acids is 1. The van der Waals surface area contributed by atoms with E-state index in [1.807, 2.05) is 38.1 Å². The average molecular weight is 165 g/mol. The molecule has 0 bridgehead atoms. The van der Waals surface area contributed by atoms with Gasteiger partial charge in [-0.3, -0.25) is 4.79 Å². The lowest BCUT2D eigenvalue weighted by molar-refractivity contribution is -0.115. The average Bonchev–Trinajstić information content (AvgIpc) is 2.09. The number of carbonyl (C=O) groups is 1. The minimum Gasteiger partial charge on any atom is -0.326 e. The van der Waals surface area contributed by atoms with E-state index in [-0.39, 0.29) is 7.33 Å². The zero-order valence-electron chi connectivity index (χ0n) is 7.42. The molecule has 1 aromatic carbocycles. The molecule has 0 atom stereocenters. The Labute approximate surface area is 74.1 Å². The summed E-state index contributed by atoms with van der Waals surface area (Å²) in [6, 6.07) is 7.75. The molecule has 0 fully saturated rings. The van der Waals surface area contributed by atoms with Crippen molar-refractivity contribution in [2.75, 3.05) is 5.32 Å². The molecule has 0 aliphatic carbocycles. The van der Waals surface area contributed by atoms with E-state index in [4.69, 9.17) is 0 Å². The zero-order valence-corrected chi connectivity index (χ0v) is 7.42. The van der Waals surface area contributed by atoms with Crippen molar-refractivity contribution in [1.29, 1.82) is 0 Å². The van der Waals surface area contributed by atoms with Gasteiger partial charge in [-0.05, 0) is 18.6 Å². The SMILES string of the molecule is CCC(=O)Nc1ccccc1C.[HH]. The van der Waals surface area contributed by atoms with Crippen molar-refractivity contribution >= 4 is 11.6 Å². The predicted octanol–water partition coefficient (Wildman–Crippen LogP) is 2.59. The highest BCUT2D eigenvalue weighted by Gasteiger charge is 1.99. The Hall–Kier alpha value is -1.31. The van der Waals surface area contributed by atoms with E-state index in [9.17, 15) is 4.79 Å². The van der Waals surface area contributed by atoms with E-state index in [0.29, 0.717) is 6.42 Å². The number of anilines is 1. The molecule has 1 amide bonds. The van der Waals surface area contributed by atoms with Crippen LogP contribution in [0.3, 0.4) is 0 Å². The summed E-state index contributed by atoms with van der Waals surface area (Å²) in [5, 5.41) is 2.82. The highest BCUT2D eigenvalue weighted by molar-refractivity contribution is 5.91. The molecule has 12 heavy (non-hydrogen) atoms. The molecule has 0 aliphatic rings. The molecule has 2 heteroatoms. The number of para-hydroxylation sites is 1. The topological polar surface area (TPSA) is 29.1 Å². The van der Waals surface area contributed by atoms with Crippen molar-refractivity contribution in [2.45, 2.75) is 20.3 Å². The molecule has 0 saturated heterocycles. The van der Waals surface area contributed by atoms with E-state index in [0.717, 1.165) is 11.3 Å². The molecule has 0 heterocycles. The first-order valence-electron chi connectivity index (χ1n) is 4.09. The maximum absolute atomic E-state index is 11.0. The van der Waals surface area contributed by atoms with Crippen molar-refractivity contribution in [1.82, 2.24) is 0 Å². The molecule has 1 N–H and O–H groups in total. The van der Waals surface area contributed by atoms with Crippen LogP contribution >= 0.6 is 0 Å². The lowest BCUT2D eigenvalue weighted by Crippen LogP contribution is -2.10. The third-order valence-electron chi connectivity index (χ3n) is 1.74. The lowest BCUT2D eigenvalue weighted by atomic mass is 10.2. The Morgan fingerprint density at radius 1 is 1.50 bits per heavy atom. The first-order chi connectivity index (χ1) is 5.74. The number of amides is 1. The Morgan fingerprint density at radius 3 is 2.75 bits per heavy atom. The fourth-order valence-corrected chi connectivity index (χ4v) is 0.952. The van der Waals surface area contributed by atoms with Crippen LogP contribution in [0.2, 0.25) is 0 Å². The Bertz CT molecular complexity index is 286. The summed E-state index contributed by atoms with van der Waals surface area (Å²) in [7, 11) is 0. The van der Waals surface area contributed by atoms with Crippen molar-refractivity contribution < 1.29 is 6.22 Å². The van der Waals surface area contributed by atoms with Gasteiger partial charge in [0.25, 0.3) is 0 Å². The Kier molecular flexibility index (Phi) is 2.86. The van der Waals surface area contributed by atoms with Crippen LogP contribution in [-0.2, 0) is 4.79 Å². The first-order valence-corrected chi connectivity index (χ1v) is 4.09. The summed E-state index contributed by atoms with van der Waals surface area (Å²) in [5.41, 5.74) is 2.00. The second-order valence-electron chi connectivity index (χ2n) is 2.72. The van der Waals surface area contributed by atoms with Crippen molar-refractivity contribution in [2.24, 2.45) is 0 Å². The van der Waals surface area contributed by atoms with Crippen LogP contribution < -0.4 is 5.32 Å². The summed E-state index contributed by atoms with van der Waals surface area (Å²) in [5.74, 6) is 0.0595. The summed E-state index contributed by atoms with van der Waals surface area (Å²) in [4.78, 5) is 11.0. The van der Waals surface area contributed by atoms with E-state index >= 15 is 0 Å². The number of nitrogens with one attached hydrogen (secondary N) is 1. The molecule has 0 aliphatic heterocycles. The number of hydrogen-bond donors (Lipinski definition) is 1. The van der Waals surface area contributed by atoms with Gasteiger partial charge in [-0.2, -0.15) is 0 Å². The van der Waals surface area contributed by atoms with Gasteiger partial charge in [0.1, 0.15) is 0 Å². The lowest BCUT2D eigenvalue weighted by Gasteiger charge is -2.05. The fourth-order valence-electron chi connectivity index (χ4n) is 0.952. The third kappa shape index (κ3) is 2.09. The van der Waals surface area contributed by atoms with Crippen LogP contribution in [0.1, 0.15) is 20.3 Å². The summed E-state index contributed by atoms with van der Waals surface area (Å²) in [6.07, 6.45) is 0.522. The van der Waals surface area contributed by atoms with Gasteiger partial charge < -0.3 is 5.32 Å². The van der Waals surface area contributed by atoms with E-state index in [1.54, 1.807) is 0 Å². The molecule has 0 radical (unpaired) electrons. The van der Waals surface area contributed by atoms with Gasteiger partial charge in [0.15, 0.2) is 0 Å². The van der Waals surface area contributed by atoms with Crippen LogP contribution in [0.5, 0.6) is 0 Å². The first kappa shape index (κ1) is 8.78. The van der Waals surface area contributed by atoms with Crippen LogP contribution in [0.25, 0.3) is 0 Å². The largest absolute Gasteiger partial charge is 0.326 e.